The van der Waals surface area contributed by atoms with Gasteiger partial charge in [-0.3, -0.25) is 19.2 Å². The SMILES string of the molecule is CC(C)C(NC(=O)C(CCCCN)NC(=O)C(N)CCC(N)=O)C(=O)NC(CS)C(=O)O. The van der Waals surface area contributed by atoms with Crippen LogP contribution in [0.15, 0.2) is 0 Å². The molecule has 32 heavy (non-hydrogen) atoms. The number of aliphatic carboxylic acids is 1. The number of carboxylic acid groups (broad SMARTS) is 1. The van der Waals surface area contributed by atoms with Crippen molar-refractivity contribution < 1.29 is 29.1 Å². The van der Waals surface area contributed by atoms with Crippen LogP contribution in [0.3, 0.4) is 0 Å². The van der Waals surface area contributed by atoms with Crippen molar-refractivity contribution in [2.75, 3.05) is 12.3 Å². The predicted molar refractivity (Wildman–Crippen MR) is 121 cm³/mol. The van der Waals surface area contributed by atoms with Gasteiger partial charge >= 0.3 is 5.97 Å². The van der Waals surface area contributed by atoms with Gasteiger partial charge in [-0.2, -0.15) is 12.6 Å². The summed E-state index contributed by atoms with van der Waals surface area (Å²) in [4.78, 5) is 59.9. The molecule has 0 aliphatic carbocycles. The Morgan fingerprint density at radius 1 is 0.906 bits per heavy atom. The zero-order chi connectivity index (χ0) is 24.8. The fourth-order valence-corrected chi connectivity index (χ4v) is 2.95. The van der Waals surface area contributed by atoms with E-state index in [-0.39, 0.29) is 30.9 Å². The van der Waals surface area contributed by atoms with E-state index in [2.05, 4.69) is 28.6 Å². The highest BCUT2D eigenvalue weighted by Crippen LogP contribution is 2.07. The molecule has 13 heteroatoms. The van der Waals surface area contributed by atoms with Crippen molar-refractivity contribution in [3.63, 3.8) is 0 Å². The number of nitrogens with one attached hydrogen (secondary N) is 3. The van der Waals surface area contributed by atoms with E-state index in [1.807, 2.05) is 0 Å². The minimum atomic E-state index is -1.25. The third-order valence-electron chi connectivity index (χ3n) is 4.66. The first-order valence-corrected chi connectivity index (χ1v) is 11.1. The van der Waals surface area contributed by atoms with E-state index in [0.717, 1.165) is 0 Å². The van der Waals surface area contributed by atoms with Crippen LogP contribution in [0.1, 0.15) is 46.0 Å². The van der Waals surface area contributed by atoms with E-state index in [1.54, 1.807) is 13.8 Å². The normalized spacial score (nSPS) is 14.7. The average Bonchev–Trinajstić information content (AvgIpc) is 2.72. The Bertz CT molecular complexity index is 662. The van der Waals surface area contributed by atoms with Gasteiger partial charge in [-0.05, 0) is 38.1 Å². The van der Waals surface area contributed by atoms with Crippen molar-refractivity contribution in [1.29, 1.82) is 0 Å². The molecule has 0 radical (unpaired) electrons. The fourth-order valence-electron chi connectivity index (χ4n) is 2.71. The highest BCUT2D eigenvalue weighted by Gasteiger charge is 2.31. The van der Waals surface area contributed by atoms with Crippen molar-refractivity contribution in [2.45, 2.75) is 70.1 Å². The number of rotatable bonds is 16. The molecule has 0 saturated carbocycles. The second-order valence-corrected chi connectivity index (χ2v) is 8.13. The van der Waals surface area contributed by atoms with Crippen molar-refractivity contribution in [3.8, 4) is 0 Å². The van der Waals surface area contributed by atoms with Crippen molar-refractivity contribution in [2.24, 2.45) is 23.1 Å². The summed E-state index contributed by atoms with van der Waals surface area (Å²) in [5, 5.41) is 16.6. The summed E-state index contributed by atoms with van der Waals surface area (Å²) in [5.74, 6) is -4.28. The quantitative estimate of drug-likeness (QED) is 0.0902. The first-order valence-electron chi connectivity index (χ1n) is 10.4. The lowest BCUT2D eigenvalue weighted by molar-refractivity contribution is -0.142. The third kappa shape index (κ3) is 11.3. The summed E-state index contributed by atoms with van der Waals surface area (Å²) in [6.07, 6.45) is 1.34. The standard InChI is InChI=1S/C19H36N6O6S/c1-10(2)15(18(29)24-13(9-32)19(30)31)25-17(28)12(5-3-4-8-20)23-16(27)11(21)6-7-14(22)26/h10-13,15,32H,3-9,20-21H2,1-2H3,(H2,22,26)(H,23,27)(H,24,29)(H,25,28)(H,30,31). The number of carboxylic acids is 1. The molecule has 0 saturated heterocycles. The van der Waals surface area contributed by atoms with Crippen LogP contribution in [0.4, 0.5) is 0 Å². The smallest absolute Gasteiger partial charge is 0.327 e. The topological polar surface area (TPSA) is 220 Å². The maximum atomic E-state index is 12.9. The Morgan fingerprint density at radius 3 is 1.97 bits per heavy atom. The molecular weight excluding hydrogens is 440 g/mol. The number of carbonyl (C=O) groups excluding carboxylic acids is 4. The van der Waals surface area contributed by atoms with Gasteiger partial charge in [-0.15, -0.1) is 0 Å². The molecule has 0 bridgehead atoms. The summed E-state index contributed by atoms with van der Waals surface area (Å²) < 4.78 is 0. The van der Waals surface area contributed by atoms with E-state index in [9.17, 15) is 24.0 Å². The summed E-state index contributed by atoms with van der Waals surface area (Å²) in [6.45, 7) is 3.77. The van der Waals surface area contributed by atoms with Gasteiger partial charge in [0.25, 0.3) is 0 Å². The lowest BCUT2D eigenvalue weighted by atomic mass is 10.0. The first-order chi connectivity index (χ1) is 14.9. The van der Waals surface area contributed by atoms with Crippen LogP contribution < -0.4 is 33.2 Å². The molecule has 0 aromatic carbocycles. The number of primary amides is 1. The Balaban J connectivity index is 5.32. The van der Waals surface area contributed by atoms with Crippen LogP contribution in [0.25, 0.3) is 0 Å². The van der Waals surface area contributed by atoms with E-state index < -0.39 is 53.8 Å². The van der Waals surface area contributed by atoms with E-state index in [1.165, 1.54) is 0 Å². The van der Waals surface area contributed by atoms with E-state index >= 15 is 0 Å². The van der Waals surface area contributed by atoms with Crippen LogP contribution >= 0.6 is 12.6 Å². The summed E-state index contributed by atoms with van der Waals surface area (Å²) in [7, 11) is 0. The first kappa shape index (κ1) is 29.6. The molecule has 0 heterocycles. The zero-order valence-electron chi connectivity index (χ0n) is 18.5. The molecule has 4 unspecified atom stereocenters. The van der Waals surface area contributed by atoms with Crippen LogP contribution in [0.5, 0.6) is 0 Å². The van der Waals surface area contributed by atoms with Crippen LogP contribution in [0, 0.1) is 5.92 Å². The number of hydrogen-bond donors (Lipinski definition) is 8. The van der Waals surface area contributed by atoms with Crippen molar-refractivity contribution in [1.82, 2.24) is 16.0 Å². The second kappa shape index (κ2) is 15.4. The predicted octanol–water partition coefficient (Wildman–Crippen LogP) is -2.17. The van der Waals surface area contributed by atoms with Gasteiger partial charge in [-0.25, -0.2) is 4.79 Å². The maximum Gasteiger partial charge on any atom is 0.327 e. The molecule has 4 atom stereocenters. The van der Waals surface area contributed by atoms with Gasteiger partial charge < -0.3 is 38.3 Å². The van der Waals surface area contributed by atoms with Crippen molar-refractivity contribution in [3.05, 3.63) is 0 Å². The highest BCUT2D eigenvalue weighted by atomic mass is 32.1. The molecule has 0 aromatic heterocycles. The van der Waals surface area contributed by atoms with Gasteiger partial charge in [-0.1, -0.05) is 13.8 Å². The Labute approximate surface area is 193 Å². The molecule has 0 fully saturated rings. The molecule has 4 amide bonds. The van der Waals surface area contributed by atoms with Crippen LogP contribution in [0.2, 0.25) is 0 Å². The van der Waals surface area contributed by atoms with Gasteiger partial charge in [0.1, 0.15) is 18.1 Å². The average molecular weight is 477 g/mol. The molecule has 0 rings (SSSR count). The number of amides is 4. The molecule has 0 aliphatic rings. The maximum absolute atomic E-state index is 12.9. The minimum Gasteiger partial charge on any atom is -0.480 e. The Hall–Kier alpha value is -2.38. The number of thiol groups is 1. The highest BCUT2D eigenvalue weighted by molar-refractivity contribution is 7.80. The molecule has 184 valence electrons. The Kier molecular flexibility index (Phi) is 14.3. The Morgan fingerprint density at radius 2 is 1.50 bits per heavy atom. The monoisotopic (exact) mass is 476 g/mol. The number of nitrogens with two attached hydrogens (primary N) is 3. The van der Waals surface area contributed by atoms with Crippen LogP contribution in [-0.4, -0.2) is 71.2 Å². The lowest BCUT2D eigenvalue weighted by Gasteiger charge is -2.27. The largest absolute Gasteiger partial charge is 0.480 e. The van der Waals surface area contributed by atoms with Crippen molar-refractivity contribution >= 4 is 42.2 Å². The lowest BCUT2D eigenvalue weighted by Crippen LogP contribution is -2.58. The second-order valence-electron chi connectivity index (χ2n) is 7.77. The summed E-state index contributed by atoms with van der Waals surface area (Å²) in [6, 6.07) is -4.29. The molecule has 0 spiro atoms. The molecule has 0 aliphatic heterocycles. The molecular formula is C19H36N6O6S. The van der Waals surface area contributed by atoms with Gasteiger partial charge in [0.15, 0.2) is 0 Å². The zero-order valence-corrected chi connectivity index (χ0v) is 19.4. The van der Waals surface area contributed by atoms with Crippen LogP contribution in [-0.2, 0) is 24.0 Å². The third-order valence-corrected chi connectivity index (χ3v) is 5.03. The summed E-state index contributed by atoms with van der Waals surface area (Å²) in [5.41, 5.74) is 16.3. The van der Waals surface area contributed by atoms with Gasteiger partial charge in [0.2, 0.25) is 23.6 Å². The van der Waals surface area contributed by atoms with Gasteiger partial charge in [0, 0.05) is 12.2 Å². The molecule has 10 N–H and O–H groups in total. The number of hydrogen-bond acceptors (Lipinski definition) is 8. The molecule has 12 nitrogen and oxygen atoms in total. The molecule has 0 aromatic rings. The summed E-state index contributed by atoms with van der Waals surface area (Å²) >= 11 is 3.91. The number of carbonyl (C=O) groups is 5. The van der Waals surface area contributed by atoms with Gasteiger partial charge in [0.05, 0.1) is 6.04 Å². The van der Waals surface area contributed by atoms with E-state index in [4.69, 9.17) is 22.3 Å². The fraction of sp³-hybridized carbons (Fsp3) is 0.737. The van der Waals surface area contributed by atoms with E-state index in [0.29, 0.717) is 19.4 Å². The number of unbranched alkanes of at least 4 members (excludes halogenated alkanes) is 1. The minimum absolute atomic E-state index is 0.0234.